The fourth-order valence-electron chi connectivity index (χ4n) is 3.11. The quantitative estimate of drug-likeness (QED) is 0.873. The molecule has 124 valence electrons. The van der Waals surface area contributed by atoms with Crippen LogP contribution in [-0.2, 0) is 14.3 Å². The second kappa shape index (κ2) is 7.01. The third-order valence-corrected chi connectivity index (χ3v) is 5.07. The molecule has 2 heterocycles. The van der Waals surface area contributed by atoms with Crippen molar-refractivity contribution in [3.63, 3.8) is 0 Å². The van der Waals surface area contributed by atoms with Crippen LogP contribution >= 0.6 is 15.9 Å². The molecule has 3 rings (SSSR count). The molecule has 1 aromatic rings. The standard InChI is InChI=1S/C17H21BrN2O3/c1-11-4-5-15(14(18)7-11)19-17(22)12-8-16(21)20(9-12)10-13-3-2-6-23-13/h4-5,7,12-13H,2-3,6,8-10H2,1H3,(H,19,22). The Labute approximate surface area is 144 Å². The lowest BCUT2D eigenvalue weighted by atomic mass is 10.1. The first kappa shape index (κ1) is 16.5. The first-order valence-corrected chi connectivity index (χ1v) is 8.78. The third-order valence-electron chi connectivity index (χ3n) is 4.42. The molecule has 5 nitrogen and oxygen atoms in total. The minimum atomic E-state index is -0.294. The van der Waals surface area contributed by atoms with E-state index in [1.165, 1.54) is 0 Å². The molecule has 2 aliphatic heterocycles. The Hall–Kier alpha value is -1.40. The van der Waals surface area contributed by atoms with E-state index in [9.17, 15) is 9.59 Å². The van der Waals surface area contributed by atoms with Crippen LogP contribution in [0.4, 0.5) is 5.69 Å². The zero-order chi connectivity index (χ0) is 16.4. The van der Waals surface area contributed by atoms with Gasteiger partial charge in [-0.1, -0.05) is 6.07 Å². The van der Waals surface area contributed by atoms with Crippen molar-refractivity contribution in [3.05, 3.63) is 28.2 Å². The molecule has 0 spiro atoms. The molecule has 0 saturated carbocycles. The lowest BCUT2D eigenvalue weighted by Crippen LogP contribution is -2.34. The molecule has 0 radical (unpaired) electrons. The monoisotopic (exact) mass is 380 g/mol. The van der Waals surface area contributed by atoms with Gasteiger partial charge in [0.2, 0.25) is 11.8 Å². The fraction of sp³-hybridized carbons (Fsp3) is 0.529. The van der Waals surface area contributed by atoms with Crippen LogP contribution in [0.5, 0.6) is 0 Å². The predicted molar refractivity (Wildman–Crippen MR) is 91.2 cm³/mol. The average molecular weight is 381 g/mol. The number of carbonyl (C=O) groups is 2. The zero-order valence-corrected chi connectivity index (χ0v) is 14.8. The van der Waals surface area contributed by atoms with Gasteiger partial charge in [-0.25, -0.2) is 0 Å². The summed E-state index contributed by atoms with van der Waals surface area (Å²) in [5.41, 5.74) is 1.86. The van der Waals surface area contributed by atoms with Crippen LogP contribution < -0.4 is 5.32 Å². The largest absolute Gasteiger partial charge is 0.376 e. The van der Waals surface area contributed by atoms with Gasteiger partial charge in [-0.3, -0.25) is 9.59 Å². The molecule has 1 N–H and O–H groups in total. The molecule has 2 fully saturated rings. The van der Waals surface area contributed by atoms with Crippen molar-refractivity contribution in [1.29, 1.82) is 0 Å². The molecular weight excluding hydrogens is 360 g/mol. The zero-order valence-electron chi connectivity index (χ0n) is 13.2. The van der Waals surface area contributed by atoms with Crippen LogP contribution in [0.2, 0.25) is 0 Å². The number of nitrogens with zero attached hydrogens (tertiary/aromatic N) is 1. The van der Waals surface area contributed by atoms with Gasteiger partial charge in [-0.05, 0) is 53.4 Å². The van der Waals surface area contributed by atoms with Crippen LogP contribution in [0.1, 0.15) is 24.8 Å². The highest BCUT2D eigenvalue weighted by Gasteiger charge is 2.36. The Balaban J connectivity index is 1.58. The SMILES string of the molecule is Cc1ccc(NC(=O)C2CC(=O)N(CC3CCCO3)C2)c(Br)c1. The summed E-state index contributed by atoms with van der Waals surface area (Å²) < 4.78 is 6.43. The van der Waals surface area contributed by atoms with Crippen molar-refractivity contribution in [2.45, 2.75) is 32.3 Å². The van der Waals surface area contributed by atoms with Crippen molar-refractivity contribution in [1.82, 2.24) is 4.90 Å². The fourth-order valence-corrected chi connectivity index (χ4v) is 3.71. The van der Waals surface area contributed by atoms with E-state index in [1.54, 1.807) is 4.90 Å². The number of carbonyl (C=O) groups excluding carboxylic acids is 2. The summed E-state index contributed by atoms with van der Waals surface area (Å²) in [5.74, 6) is -0.349. The number of likely N-dealkylation sites (tertiary alicyclic amines) is 1. The summed E-state index contributed by atoms with van der Waals surface area (Å²) in [5, 5.41) is 2.92. The van der Waals surface area contributed by atoms with Gasteiger partial charge in [0.1, 0.15) is 0 Å². The van der Waals surface area contributed by atoms with Crippen molar-refractivity contribution in [2.75, 3.05) is 25.0 Å². The number of aryl methyl sites for hydroxylation is 1. The maximum Gasteiger partial charge on any atom is 0.229 e. The normalized spacial score (nSPS) is 24.3. The summed E-state index contributed by atoms with van der Waals surface area (Å²) in [4.78, 5) is 26.3. The molecule has 1 aromatic carbocycles. The molecule has 2 saturated heterocycles. The number of hydrogen-bond donors (Lipinski definition) is 1. The van der Waals surface area contributed by atoms with Gasteiger partial charge < -0.3 is 15.0 Å². The number of hydrogen-bond acceptors (Lipinski definition) is 3. The van der Waals surface area contributed by atoms with E-state index in [1.807, 2.05) is 25.1 Å². The van der Waals surface area contributed by atoms with Gasteiger partial charge in [0, 0.05) is 30.6 Å². The van der Waals surface area contributed by atoms with Crippen LogP contribution in [0, 0.1) is 12.8 Å². The van der Waals surface area contributed by atoms with Gasteiger partial charge >= 0.3 is 0 Å². The highest BCUT2D eigenvalue weighted by Crippen LogP contribution is 2.26. The molecule has 0 aliphatic carbocycles. The minimum Gasteiger partial charge on any atom is -0.376 e. The number of halogens is 1. The van der Waals surface area contributed by atoms with Crippen LogP contribution in [0.15, 0.2) is 22.7 Å². The second-order valence-electron chi connectivity index (χ2n) is 6.31. The van der Waals surface area contributed by atoms with Crippen molar-refractivity contribution >= 4 is 33.4 Å². The van der Waals surface area contributed by atoms with Crippen molar-refractivity contribution in [3.8, 4) is 0 Å². The lowest BCUT2D eigenvalue weighted by Gasteiger charge is -2.20. The van der Waals surface area contributed by atoms with E-state index >= 15 is 0 Å². The third kappa shape index (κ3) is 3.93. The lowest BCUT2D eigenvalue weighted by molar-refractivity contribution is -0.129. The highest BCUT2D eigenvalue weighted by atomic mass is 79.9. The summed E-state index contributed by atoms with van der Waals surface area (Å²) >= 11 is 3.46. The number of benzene rings is 1. The summed E-state index contributed by atoms with van der Waals surface area (Å²) in [6.45, 7) is 3.86. The van der Waals surface area contributed by atoms with Crippen LogP contribution in [0.25, 0.3) is 0 Å². The number of ether oxygens (including phenoxy) is 1. The maximum absolute atomic E-state index is 12.4. The topological polar surface area (TPSA) is 58.6 Å². The van der Waals surface area contributed by atoms with Crippen molar-refractivity contribution in [2.24, 2.45) is 5.92 Å². The molecular formula is C17H21BrN2O3. The first-order chi connectivity index (χ1) is 11.0. The van der Waals surface area contributed by atoms with E-state index in [0.29, 0.717) is 13.1 Å². The van der Waals surface area contributed by atoms with Crippen LogP contribution in [0.3, 0.4) is 0 Å². The number of anilines is 1. The molecule has 23 heavy (non-hydrogen) atoms. The Kier molecular flexibility index (Phi) is 5.02. The van der Waals surface area contributed by atoms with Crippen molar-refractivity contribution < 1.29 is 14.3 Å². The minimum absolute atomic E-state index is 0.0450. The Morgan fingerprint density at radius 2 is 2.30 bits per heavy atom. The van der Waals surface area contributed by atoms with E-state index < -0.39 is 0 Å². The van der Waals surface area contributed by atoms with Gasteiger partial charge in [-0.2, -0.15) is 0 Å². The van der Waals surface area contributed by atoms with Gasteiger partial charge in [-0.15, -0.1) is 0 Å². The average Bonchev–Trinajstić information content (AvgIpc) is 3.13. The smallest absolute Gasteiger partial charge is 0.229 e. The summed E-state index contributed by atoms with van der Waals surface area (Å²) in [6.07, 6.45) is 2.46. The number of rotatable bonds is 4. The Morgan fingerprint density at radius 1 is 1.48 bits per heavy atom. The van der Waals surface area contributed by atoms with E-state index in [2.05, 4.69) is 21.2 Å². The highest BCUT2D eigenvalue weighted by molar-refractivity contribution is 9.10. The summed E-state index contributed by atoms with van der Waals surface area (Å²) in [7, 11) is 0. The van der Waals surface area contributed by atoms with E-state index in [0.717, 1.165) is 35.2 Å². The molecule has 0 bridgehead atoms. The summed E-state index contributed by atoms with van der Waals surface area (Å²) in [6, 6.07) is 5.78. The molecule has 2 aliphatic rings. The molecule has 2 amide bonds. The first-order valence-electron chi connectivity index (χ1n) is 7.99. The number of amides is 2. The molecule has 0 aromatic heterocycles. The van der Waals surface area contributed by atoms with E-state index in [4.69, 9.17) is 4.74 Å². The second-order valence-corrected chi connectivity index (χ2v) is 7.16. The van der Waals surface area contributed by atoms with Gasteiger partial charge in [0.15, 0.2) is 0 Å². The van der Waals surface area contributed by atoms with Gasteiger partial charge in [0.05, 0.1) is 17.7 Å². The van der Waals surface area contributed by atoms with Gasteiger partial charge in [0.25, 0.3) is 0 Å². The Bertz CT molecular complexity index is 614. The Morgan fingerprint density at radius 3 is 3.00 bits per heavy atom. The predicted octanol–water partition coefficient (Wildman–Crippen LogP) is 2.72. The molecule has 2 atom stereocenters. The van der Waals surface area contributed by atoms with E-state index in [-0.39, 0.29) is 30.3 Å². The maximum atomic E-state index is 12.4. The number of nitrogens with one attached hydrogen (secondary N) is 1. The molecule has 6 heteroatoms. The molecule has 2 unspecified atom stereocenters. The van der Waals surface area contributed by atoms with Crippen LogP contribution in [-0.4, -0.2) is 42.5 Å².